The third kappa shape index (κ3) is 4.42. The Labute approximate surface area is 153 Å². The van der Waals surface area contributed by atoms with Crippen molar-refractivity contribution in [3.63, 3.8) is 0 Å². The fourth-order valence-electron chi connectivity index (χ4n) is 2.68. The standard InChI is InChI=1S/C22H22N2O2/c1-16-11-13-18(14-12-16)23-21(17-7-4-3-5-8-17)22(25)24-19-9-6-10-20(15-19)26-2/h3-15,21,23H,1-2H3,(H,24,25)/t21-/m1/s1. The van der Waals surface area contributed by atoms with E-state index in [2.05, 4.69) is 10.6 Å². The van der Waals surface area contributed by atoms with Crippen LogP contribution >= 0.6 is 0 Å². The largest absolute Gasteiger partial charge is 0.497 e. The summed E-state index contributed by atoms with van der Waals surface area (Å²) < 4.78 is 5.22. The van der Waals surface area contributed by atoms with Crippen molar-refractivity contribution in [1.29, 1.82) is 0 Å². The van der Waals surface area contributed by atoms with Gasteiger partial charge in [0, 0.05) is 17.4 Å². The molecule has 0 aliphatic carbocycles. The highest BCUT2D eigenvalue weighted by Gasteiger charge is 2.20. The fourth-order valence-corrected chi connectivity index (χ4v) is 2.68. The second kappa shape index (κ2) is 8.21. The van der Waals surface area contributed by atoms with Crippen molar-refractivity contribution >= 4 is 17.3 Å². The summed E-state index contributed by atoms with van der Waals surface area (Å²) in [6.07, 6.45) is 0. The molecule has 3 rings (SSSR count). The molecule has 0 heterocycles. The van der Waals surface area contributed by atoms with E-state index in [1.807, 2.05) is 79.7 Å². The quantitative estimate of drug-likeness (QED) is 0.674. The first-order chi connectivity index (χ1) is 12.7. The highest BCUT2D eigenvalue weighted by atomic mass is 16.5. The lowest BCUT2D eigenvalue weighted by Crippen LogP contribution is -2.27. The molecule has 3 aromatic carbocycles. The number of anilines is 2. The molecule has 0 aromatic heterocycles. The Balaban J connectivity index is 1.84. The van der Waals surface area contributed by atoms with Crippen LogP contribution in [-0.2, 0) is 4.79 Å². The van der Waals surface area contributed by atoms with Crippen molar-refractivity contribution < 1.29 is 9.53 Å². The molecule has 4 heteroatoms. The Bertz CT molecular complexity index is 861. The maximum absolute atomic E-state index is 13.0. The zero-order chi connectivity index (χ0) is 18.4. The summed E-state index contributed by atoms with van der Waals surface area (Å²) in [6.45, 7) is 2.04. The summed E-state index contributed by atoms with van der Waals surface area (Å²) in [6, 6.07) is 24.5. The van der Waals surface area contributed by atoms with Crippen LogP contribution in [0.5, 0.6) is 5.75 Å². The van der Waals surface area contributed by atoms with Gasteiger partial charge in [-0.15, -0.1) is 0 Å². The molecule has 0 bridgehead atoms. The van der Waals surface area contributed by atoms with Crippen LogP contribution in [-0.4, -0.2) is 13.0 Å². The van der Waals surface area contributed by atoms with Gasteiger partial charge in [-0.2, -0.15) is 0 Å². The number of amides is 1. The van der Waals surface area contributed by atoms with Crippen LogP contribution in [0.3, 0.4) is 0 Å². The van der Waals surface area contributed by atoms with E-state index >= 15 is 0 Å². The van der Waals surface area contributed by atoms with Gasteiger partial charge in [0.05, 0.1) is 7.11 Å². The van der Waals surface area contributed by atoms with Crippen molar-refractivity contribution in [3.8, 4) is 5.75 Å². The first-order valence-corrected chi connectivity index (χ1v) is 8.49. The number of rotatable bonds is 6. The molecule has 0 unspecified atom stereocenters. The van der Waals surface area contributed by atoms with E-state index in [0.29, 0.717) is 11.4 Å². The Kier molecular flexibility index (Phi) is 5.54. The number of aryl methyl sites for hydroxylation is 1. The molecular formula is C22H22N2O2. The third-order valence-corrected chi connectivity index (χ3v) is 4.09. The summed E-state index contributed by atoms with van der Waals surface area (Å²) in [5, 5.41) is 6.29. The molecule has 1 amide bonds. The van der Waals surface area contributed by atoms with Crippen LogP contribution in [0.1, 0.15) is 17.2 Å². The molecule has 3 aromatic rings. The number of ether oxygens (including phenoxy) is 1. The molecule has 0 fully saturated rings. The normalized spacial score (nSPS) is 11.5. The van der Waals surface area contributed by atoms with E-state index in [1.165, 1.54) is 5.56 Å². The van der Waals surface area contributed by atoms with Crippen molar-refractivity contribution in [2.24, 2.45) is 0 Å². The maximum Gasteiger partial charge on any atom is 0.251 e. The highest BCUT2D eigenvalue weighted by molar-refractivity contribution is 5.97. The Hall–Kier alpha value is -3.27. The molecule has 0 aliphatic rings. The number of nitrogens with one attached hydrogen (secondary N) is 2. The van der Waals surface area contributed by atoms with E-state index in [4.69, 9.17) is 4.74 Å². The summed E-state index contributed by atoms with van der Waals surface area (Å²) in [4.78, 5) is 13.0. The molecule has 0 saturated carbocycles. The monoisotopic (exact) mass is 346 g/mol. The van der Waals surface area contributed by atoms with Crippen molar-refractivity contribution in [2.45, 2.75) is 13.0 Å². The summed E-state index contributed by atoms with van der Waals surface area (Å²) in [7, 11) is 1.60. The SMILES string of the molecule is COc1cccc(NC(=O)[C@H](Nc2ccc(C)cc2)c2ccccc2)c1. The minimum Gasteiger partial charge on any atom is -0.497 e. The lowest BCUT2D eigenvalue weighted by Gasteiger charge is -2.20. The van der Waals surface area contributed by atoms with Crippen LogP contribution < -0.4 is 15.4 Å². The first-order valence-electron chi connectivity index (χ1n) is 8.49. The third-order valence-electron chi connectivity index (χ3n) is 4.09. The van der Waals surface area contributed by atoms with Crippen molar-refractivity contribution in [1.82, 2.24) is 0 Å². The van der Waals surface area contributed by atoms with Gasteiger partial charge in [0.2, 0.25) is 0 Å². The van der Waals surface area contributed by atoms with Crippen molar-refractivity contribution in [2.75, 3.05) is 17.7 Å². The van der Waals surface area contributed by atoms with E-state index in [-0.39, 0.29) is 5.91 Å². The Morgan fingerprint density at radius 1 is 0.885 bits per heavy atom. The van der Waals surface area contributed by atoms with Gasteiger partial charge in [0.1, 0.15) is 11.8 Å². The molecule has 2 N–H and O–H groups in total. The van der Waals surface area contributed by atoms with Crippen molar-refractivity contribution in [3.05, 3.63) is 90.0 Å². The van der Waals surface area contributed by atoms with Crippen LogP contribution in [0.2, 0.25) is 0 Å². The summed E-state index contributed by atoms with van der Waals surface area (Å²) in [5.74, 6) is 0.565. The highest BCUT2D eigenvalue weighted by Crippen LogP contribution is 2.23. The molecule has 132 valence electrons. The van der Waals surface area contributed by atoms with Crippen LogP contribution in [0, 0.1) is 6.92 Å². The zero-order valence-electron chi connectivity index (χ0n) is 14.9. The predicted octanol–water partition coefficient (Wildman–Crippen LogP) is 4.80. The van der Waals surface area contributed by atoms with Gasteiger partial charge in [0.25, 0.3) is 5.91 Å². The second-order valence-corrected chi connectivity index (χ2v) is 6.08. The summed E-state index contributed by atoms with van der Waals surface area (Å²) >= 11 is 0. The predicted molar refractivity (Wildman–Crippen MR) is 106 cm³/mol. The topological polar surface area (TPSA) is 50.4 Å². The molecule has 0 spiro atoms. The molecule has 26 heavy (non-hydrogen) atoms. The van der Waals surface area contributed by atoms with Gasteiger partial charge in [0.15, 0.2) is 0 Å². The van der Waals surface area contributed by atoms with Gasteiger partial charge in [-0.05, 0) is 36.8 Å². The molecule has 0 radical (unpaired) electrons. The smallest absolute Gasteiger partial charge is 0.251 e. The Morgan fingerprint density at radius 2 is 1.62 bits per heavy atom. The first kappa shape index (κ1) is 17.5. The number of hydrogen-bond donors (Lipinski definition) is 2. The van der Waals surface area contributed by atoms with Gasteiger partial charge in [-0.25, -0.2) is 0 Å². The van der Waals surface area contributed by atoms with E-state index in [0.717, 1.165) is 11.3 Å². The number of benzene rings is 3. The van der Waals surface area contributed by atoms with Gasteiger partial charge >= 0.3 is 0 Å². The van der Waals surface area contributed by atoms with E-state index in [9.17, 15) is 4.79 Å². The average molecular weight is 346 g/mol. The lowest BCUT2D eigenvalue weighted by atomic mass is 10.1. The Morgan fingerprint density at radius 3 is 2.31 bits per heavy atom. The molecule has 0 aliphatic heterocycles. The van der Waals surface area contributed by atoms with E-state index < -0.39 is 6.04 Å². The number of carbonyl (C=O) groups is 1. The number of methoxy groups -OCH3 is 1. The number of carbonyl (C=O) groups excluding carboxylic acids is 1. The minimum atomic E-state index is -0.509. The zero-order valence-corrected chi connectivity index (χ0v) is 14.9. The summed E-state index contributed by atoms with van der Waals surface area (Å²) in [5.41, 5.74) is 3.66. The van der Waals surface area contributed by atoms with Gasteiger partial charge < -0.3 is 15.4 Å². The average Bonchev–Trinajstić information content (AvgIpc) is 2.68. The van der Waals surface area contributed by atoms with Crippen LogP contribution in [0.15, 0.2) is 78.9 Å². The van der Waals surface area contributed by atoms with E-state index in [1.54, 1.807) is 13.2 Å². The molecule has 1 atom stereocenters. The lowest BCUT2D eigenvalue weighted by molar-refractivity contribution is -0.117. The van der Waals surface area contributed by atoms with Crippen LogP contribution in [0.4, 0.5) is 11.4 Å². The fraction of sp³-hybridized carbons (Fsp3) is 0.136. The van der Waals surface area contributed by atoms with Gasteiger partial charge in [-0.1, -0.05) is 54.1 Å². The minimum absolute atomic E-state index is 0.134. The molecule has 4 nitrogen and oxygen atoms in total. The maximum atomic E-state index is 13.0. The number of hydrogen-bond acceptors (Lipinski definition) is 3. The van der Waals surface area contributed by atoms with Gasteiger partial charge in [-0.3, -0.25) is 4.79 Å². The van der Waals surface area contributed by atoms with Crippen LogP contribution in [0.25, 0.3) is 0 Å². The molecule has 0 saturated heterocycles. The second-order valence-electron chi connectivity index (χ2n) is 6.08. The molecular weight excluding hydrogens is 324 g/mol.